The fourth-order valence-electron chi connectivity index (χ4n) is 11.2. The summed E-state index contributed by atoms with van der Waals surface area (Å²) in [6.07, 6.45) is 10.9. The lowest BCUT2D eigenvalue weighted by Gasteiger charge is -2.32. The molecule has 0 radical (unpaired) electrons. The van der Waals surface area contributed by atoms with Crippen LogP contribution in [0.1, 0.15) is 27.7 Å². The molecule has 12 nitrogen and oxygen atoms in total. The van der Waals surface area contributed by atoms with Crippen molar-refractivity contribution >= 4 is 101 Å². The van der Waals surface area contributed by atoms with Crippen molar-refractivity contribution in [2.45, 2.75) is 38.9 Å². The van der Waals surface area contributed by atoms with Crippen LogP contribution in [0.4, 0.5) is 0 Å². The predicted octanol–water partition coefficient (Wildman–Crippen LogP) is 17.5. The van der Waals surface area contributed by atoms with Crippen LogP contribution >= 0.6 is 23.2 Å². The van der Waals surface area contributed by atoms with Gasteiger partial charge in [0.2, 0.25) is 0 Å². The van der Waals surface area contributed by atoms with Crippen molar-refractivity contribution in [3.05, 3.63) is 260 Å². The molecule has 428 valence electrons. The number of fused-ring (bicyclic) bond motifs is 9. The SMILES string of the molecule is CC1(C)OB(c2ccnc3c2ccc2cccnc23)OC1(C)C.Clc1cc(Cl)nc(-c2ccc(-c3ccccc3)cc2)n1.c1ccc(-c2ccc(-c3nc(-c4ccnc5c4ccc4cccnc45)cc(-c4ccnc5c4ccc4cccnc45)n3)cc2)cc1. The zero-order valence-electron chi connectivity index (χ0n) is 48.8. The quantitative estimate of drug-likeness (QED) is 0.0850. The Hall–Kier alpha value is -10.3. The first-order chi connectivity index (χ1) is 43.4. The van der Waals surface area contributed by atoms with Crippen molar-refractivity contribution in [3.63, 3.8) is 0 Å². The van der Waals surface area contributed by atoms with E-state index in [2.05, 4.69) is 173 Å². The van der Waals surface area contributed by atoms with Crippen LogP contribution in [0, 0.1) is 0 Å². The van der Waals surface area contributed by atoms with E-state index in [0.717, 1.165) is 121 Å². The third-order valence-electron chi connectivity index (χ3n) is 16.4. The lowest BCUT2D eigenvalue weighted by Crippen LogP contribution is -2.41. The molecule has 1 aliphatic heterocycles. The minimum Gasteiger partial charge on any atom is -0.399 e. The number of rotatable bonds is 7. The molecule has 0 saturated carbocycles. The van der Waals surface area contributed by atoms with Gasteiger partial charge in [0.25, 0.3) is 0 Å². The molecule has 1 saturated heterocycles. The van der Waals surface area contributed by atoms with Gasteiger partial charge in [-0.05, 0) is 97.9 Å². The number of pyridine rings is 6. The van der Waals surface area contributed by atoms with E-state index < -0.39 is 7.12 Å². The van der Waals surface area contributed by atoms with Crippen LogP contribution in [0.3, 0.4) is 0 Å². The van der Waals surface area contributed by atoms with Crippen LogP contribution < -0.4 is 5.46 Å². The minimum atomic E-state index is -0.397. The standard InChI is InChI=1S/C40H24N6.C18H19BN2O2.C16H10Cl2N2/c1-2-6-25(7-3-1)26-10-12-29(13-11-26)40-45-34(30-18-22-43-38-32(30)16-14-27-8-4-20-41-36(27)38)24-35(46-40)31-19-23-44-39-33(31)17-15-28-9-5-21-42-37(28)39;1-17(2)18(3,4)23-19(22-17)14-9-11-21-16-13(14)8-7-12-6-5-10-20-15(12)16;17-14-10-15(18)20-16(19-14)13-8-6-12(7-9-13)11-4-2-1-3-5-11/h1-24H;5-11H,1-4H3;1-10H. The Morgan fingerprint density at radius 2 is 0.674 bits per heavy atom. The van der Waals surface area contributed by atoms with Crippen LogP contribution in [0.25, 0.3) is 133 Å². The third kappa shape index (κ3) is 11.3. The smallest absolute Gasteiger partial charge is 0.399 e. The average Bonchev–Trinajstić information content (AvgIpc) is 1.92. The van der Waals surface area contributed by atoms with Gasteiger partial charge in [-0.2, -0.15) is 0 Å². The van der Waals surface area contributed by atoms with Gasteiger partial charge in [-0.3, -0.25) is 29.9 Å². The summed E-state index contributed by atoms with van der Waals surface area (Å²) in [5.41, 5.74) is 15.5. The van der Waals surface area contributed by atoms with Gasteiger partial charge < -0.3 is 9.31 Å². The molecular weight excluding hydrogens is 1140 g/mol. The zero-order valence-corrected chi connectivity index (χ0v) is 50.3. The topological polar surface area (TPSA) is 147 Å². The third-order valence-corrected chi connectivity index (χ3v) is 16.8. The molecule has 0 bridgehead atoms. The predicted molar refractivity (Wildman–Crippen MR) is 361 cm³/mol. The number of benzene rings is 7. The molecule has 8 aromatic heterocycles. The first-order valence-corrected chi connectivity index (χ1v) is 29.8. The molecule has 1 fully saturated rings. The summed E-state index contributed by atoms with van der Waals surface area (Å²) in [4.78, 5) is 46.5. The Bertz CT molecular complexity index is 4970. The largest absolute Gasteiger partial charge is 0.495 e. The first-order valence-electron chi connectivity index (χ1n) is 29.1. The number of nitrogens with zero attached hydrogens (tertiary/aromatic N) is 10. The molecule has 16 rings (SSSR count). The van der Waals surface area contributed by atoms with Crippen LogP contribution in [0.5, 0.6) is 0 Å². The maximum atomic E-state index is 6.20. The summed E-state index contributed by atoms with van der Waals surface area (Å²) in [6, 6.07) is 71.1. The van der Waals surface area contributed by atoms with Gasteiger partial charge in [0.15, 0.2) is 11.6 Å². The second-order valence-electron chi connectivity index (χ2n) is 22.5. The van der Waals surface area contributed by atoms with Gasteiger partial charge in [0, 0.05) is 97.8 Å². The van der Waals surface area contributed by atoms with E-state index in [0.29, 0.717) is 22.0 Å². The summed E-state index contributed by atoms with van der Waals surface area (Å²) in [7, 11) is -0.397. The van der Waals surface area contributed by atoms with E-state index in [9.17, 15) is 0 Å². The van der Waals surface area contributed by atoms with E-state index in [-0.39, 0.29) is 11.2 Å². The van der Waals surface area contributed by atoms with Crippen molar-refractivity contribution in [2.24, 2.45) is 0 Å². The first kappa shape index (κ1) is 56.5. The van der Waals surface area contributed by atoms with Crippen LogP contribution in [0.15, 0.2) is 250 Å². The molecule has 0 atom stereocenters. The van der Waals surface area contributed by atoms with Gasteiger partial charge in [0.05, 0.1) is 55.7 Å². The van der Waals surface area contributed by atoms with E-state index in [1.807, 2.05) is 116 Å². The van der Waals surface area contributed by atoms with E-state index in [4.69, 9.17) is 52.4 Å². The molecule has 9 heterocycles. The highest BCUT2D eigenvalue weighted by Crippen LogP contribution is 2.39. The monoisotopic (exact) mass is 1190 g/mol. The average molecular weight is 1200 g/mol. The molecule has 0 N–H and O–H groups in total. The maximum absolute atomic E-state index is 6.20. The Morgan fingerprint density at radius 3 is 1.11 bits per heavy atom. The fourth-order valence-corrected chi connectivity index (χ4v) is 11.6. The van der Waals surface area contributed by atoms with Crippen LogP contribution in [-0.4, -0.2) is 68.2 Å². The Kier molecular flexibility index (Phi) is 15.1. The minimum absolute atomic E-state index is 0.340. The number of hydrogen-bond donors (Lipinski definition) is 0. The highest BCUT2D eigenvalue weighted by atomic mass is 35.5. The molecule has 15 heteroatoms. The normalized spacial score (nSPS) is 13.3. The van der Waals surface area contributed by atoms with Gasteiger partial charge in [-0.25, -0.2) is 19.9 Å². The van der Waals surface area contributed by atoms with Gasteiger partial charge >= 0.3 is 7.12 Å². The van der Waals surface area contributed by atoms with E-state index in [1.165, 1.54) is 11.6 Å². The maximum Gasteiger partial charge on any atom is 0.495 e. The molecular formula is C74H53BCl2N10O2. The van der Waals surface area contributed by atoms with Gasteiger partial charge in [-0.15, -0.1) is 0 Å². The highest BCUT2D eigenvalue weighted by Gasteiger charge is 2.52. The summed E-state index contributed by atoms with van der Waals surface area (Å²) in [6.45, 7) is 8.25. The molecule has 0 spiro atoms. The van der Waals surface area contributed by atoms with Crippen molar-refractivity contribution in [1.82, 2.24) is 49.8 Å². The molecule has 0 aliphatic carbocycles. The zero-order chi connectivity index (χ0) is 60.6. The van der Waals surface area contributed by atoms with Crippen molar-refractivity contribution in [3.8, 4) is 67.5 Å². The molecule has 7 aromatic carbocycles. The molecule has 0 amide bonds. The second-order valence-corrected chi connectivity index (χ2v) is 23.3. The van der Waals surface area contributed by atoms with Gasteiger partial charge in [0.1, 0.15) is 10.3 Å². The number of halogens is 2. The van der Waals surface area contributed by atoms with Gasteiger partial charge in [-0.1, -0.05) is 187 Å². The lowest BCUT2D eigenvalue weighted by atomic mass is 9.77. The summed E-state index contributed by atoms with van der Waals surface area (Å²) in [5.74, 6) is 1.17. The molecule has 0 unspecified atom stereocenters. The fraction of sp³-hybridized carbons (Fsp3) is 0.0811. The lowest BCUT2D eigenvalue weighted by molar-refractivity contribution is 0.00578. The molecule has 15 aromatic rings. The Morgan fingerprint density at radius 1 is 0.315 bits per heavy atom. The molecule has 1 aliphatic rings. The highest BCUT2D eigenvalue weighted by molar-refractivity contribution is 6.65. The van der Waals surface area contributed by atoms with Crippen LogP contribution in [-0.2, 0) is 9.31 Å². The van der Waals surface area contributed by atoms with Crippen molar-refractivity contribution in [1.29, 1.82) is 0 Å². The number of hydrogen-bond acceptors (Lipinski definition) is 12. The number of aromatic nitrogens is 10. The summed E-state index contributed by atoms with van der Waals surface area (Å²) >= 11 is 11.8. The second kappa shape index (κ2) is 23.8. The van der Waals surface area contributed by atoms with Crippen molar-refractivity contribution in [2.75, 3.05) is 0 Å². The van der Waals surface area contributed by atoms with E-state index >= 15 is 0 Å². The summed E-state index contributed by atoms with van der Waals surface area (Å²) in [5, 5.41) is 6.85. The Labute approximate surface area is 523 Å². The summed E-state index contributed by atoms with van der Waals surface area (Å²) < 4.78 is 12.4. The Balaban J connectivity index is 0.000000134. The van der Waals surface area contributed by atoms with Crippen LogP contribution in [0.2, 0.25) is 10.3 Å². The molecule has 89 heavy (non-hydrogen) atoms. The van der Waals surface area contributed by atoms with Crippen molar-refractivity contribution < 1.29 is 9.31 Å². The van der Waals surface area contributed by atoms with E-state index in [1.54, 1.807) is 12.4 Å².